The van der Waals surface area contributed by atoms with Gasteiger partial charge in [0.1, 0.15) is 0 Å². The molecule has 1 aliphatic rings. The predicted octanol–water partition coefficient (Wildman–Crippen LogP) is 1.75. The van der Waals surface area contributed by atoms with Gasteiger partial charge in [-0.3, -0.25) is 4.79 Å². The molecule has 1 fully saturated rings. The van der Waals surface area contributed by atoms with E-state index >= 15 is 0 Å². The number of carbonyl (C=O) groups excluding carboxylic acids is 1. The van der Waals surface area contributed by atoms with Gasteiger partial charge in [-0.15, -0.1) is 0 Å². The van der Waals surface area contributed by atoms with Crippen LogP contribution >= 0.6 is 0 Å². The molecule has 76 valence electrons. The van der Waals surface area contributed by atoms with Crippen molar-refractivity contribution < 1.29 is 14.3 Å². The van der Waals surface area contributed by atoms with Crippen LogP contribution in [-0.2, 0) is 14.3 Å². The third-order valence-electron chi connectivity index (χ3n) is 2.47. The molecule has 0 aromatic carbocycles. The average molecular weight is 186 g/mol. The summed E-state index contributed by atoms with van der Waals surface area (Å²) in [4.78, 5) is 10.9. The first-order chi connectivity index (χ1) is 6.03. The maximum absolute atomic E-state index is 10.9. The highest BCUT2D eigenvalue weighted by atomic mass is 16.5. The maximum atomic E-state index is 10.9. The second-order valence-electron chi connectivity index (χ2n) is 4.42. The summed E-state index contributed by atoms with van der Waals surface area (Å²) in [5.41, 5.74) is 0.270. The third-order valence-corrected chi connectivity index (χ3v) is 2.47. The molecule has 1 aliphatic heterocycles. The third kappa shape index (κ3) is 3.35. The highest BCUT2D eigenvalue weighted by Gasteiger charge is 2.28. The highest BCUT2D eigenvalue weighted by Crippen LogP contribution is 2.30. The maximum Gasteiger partial charge on any atom is 0.308 e. The van der Waals surface area contributed by atoms with Crippen LogP contribution in [0.15, 0.2) is 0 Å². The van der Waals surface area contributed by atoms with E-state index in [-0.39, 0.29) is 17.5 Å². The molecule has 1 unspecified atom stereocenters. The zero-order chi connectivity index (χ0) is 9.90. The van der Waals surface area contributed by atoms with Crippen LogP contribution in [0.5, 0.6) is 0 Å². The van der Waals surface area contributed by atoms with E-state index in [1.807, 2.05) is 0 Å². The van der Waals surface area contributed by atoms with Gasteiger partial charge in [-0.1, -0.05) is 13.8 Å². The molecule has 0 aliphatic carbocycles. The fourth-order valence-corrected chi connectivity index (χ4v) is 1.48. The molecule has 0 aromatic rings. The summed E-state index contributed by atoms with van der Waals surface area (Å²) in [6, 6.07) is 0. The lowest BCUT2D eigenvalue weighted by Crippen LogP contribution is -2.33. The Morgan fingerprint density at radius 2 is 2.31 bits per heavy atom. The lowest BCUT2D eigenvalue weighted by atomic mass is 9.85. The quantitative estimate of drug-likeness (QED) is 0.616. The molecule has 0 saturated carbocycles. The Morgan fingerprint density at radius 1 is 1.62 bits per heavy atom. The average Bonchev–Trinajstić information content (AvgIpc) is 2.08. The minimum Gasteiger partial charge on any atom is -0.469 e. The van der Waals surface area contributed by atoms with Gasteiger partial charge < -0.3 is 9.47 Å². The topological polar surface area (TPSA) is 35.5 Å². The Hall–Kier alpha value is -0.570. The largest absolute Gasteiger partial charge is 0.469 e. The zero-order valence-corrected chi connectivity index (χ0v) is 8.63. The van der Waals surface area contributed by atoms with E-state index in [1.165, 1.54) is 7.11 Å². The molecule has 1 rings (SSSR count). The summed E-state index contributed by atoms with van der Waals surface area (Å²) in [6.07, 6.45) is 2.55. The minimum absolute atomic E-state index is 0.0699. The van der Waals surface area contributed by atoms with E-state index < -0.39 is 0 Å². The Morgan fingerprint density at radius 3 is 2.77 bits per heavy atom. The van der Waals surface area contributed by atoms with Crippen LogP contribution in [0.4, 0.5) is 0 Å². The number of ether oxygens (including phenoxy) is 2. The van der Waals surface area contributed by atoms with Gasteiger partial charge in [0.25, 0.3) is 0 Å². The molecule has 0 aromatic heterocycles. The van der Waals surface area contributed by atoms with Gasteiger partial charge in [-0.05, 0) is 18.3 Å². The number of carbonyl (C=O) groups is 1. The Labute approximate surface area is 79.4 Å². The molecule has 3 heteroatoms. The van der Waals surface area contributed by atoms with Crippen LogP contribution in [0.25, 0.3) is 0 Å². The van der Waals surface area contributed by atoms with Gasteiger partial charge in [0, 0.05) is 0 Å². The van der Waals surface area contributed by atoms with E-state index in [1.54, 1.807) is 0 Å². The van der Waals surface area contributed by atoms with Gasteiger partial charge in [0.2, 0.25) is 0 Å². The van der Waals surface area contributed by atoms with E-state index in [0.29, 0.717) is 6.42 Å². The van der Waals surface area contributed by atoms with Crippen LogP contribution in [0.2, 0.25) is 0 Å². The minimum atomic E-state index is -0.176. The number of hydrogen-bond acceptors (Lipinski definition) is 3. The smallest absolute Gasteiger partial charge is 0.308 e. The van der Waals surface area contributed by atoms with Crippen molar-refractivity contribution in [2.24, 2.45) is 5.41 Å². The number of methoxy groups -OCH3 is 1. The van der Waals surface area contributed by atoms with Crippen molar-refractivity contribution in [2.75, 3.05) is 13.7 Å². The molecule has 0 N–H and O–H groups in total. The van der Waals surface area contributed by atoms with Crippen molar-refractivity contribution in [3.05, 3.63) is 0 Å². The van der Waals surface area contributed by atoms with E-state index in [2.05, 4.69) is 18.6 Å². The molecule has 0 radical (unpaired) electrons. The molecule has 0 spiro atoms. The lowest BCUT2D eigenvalue weighted by Gasteiger charge is -2.34. The van der Waals surface area contributed by atoms with Crippen LogP contribution in [0, 0.1) is 5.41 Å². The first-order valence-corrected chi connectivity index (χ1v) is 4.72. The van der Waals surface area contributed by atoms with Gasteiger partial charge in [0.15, 0.2) is 0 Å². The second-order valence-corrected chi connectivity index (χ2v) is 4.42. The summed E-state index contributed by atoms with van der Waals surface area (Å²) in [5, 5.41) is 0. The van der Waals surface area contributed by atoms with Gasteiger partial charge >= 0.3 is 5.97 Å². The summed E-state index contributed by atoms with van der Waals surface area (Å²) >= 11 is 0. The number of hydrogen-bond donors (Lipinski definition) is 0. The summed E-state index contributed by atoms with van der Waals surface area (Å²) in [7, 11) is 1.41. The van der Waals surface area contributed by atoms with Gasteiger partial charge in [-0.2, -0.15) is 0 Å². The Bertz CT molecular complexity index is 177. The van der Waals surface area contributed by atoms with Crippen molar-refractivity contribution >= 4 is 5.97 Å². The van der Waals surface area contributed by atoms with Crippen LogP contribution < -0.4 is 0 Å². The monoisotopic (exact) mass is 186 g/mol. The van der Waals surface area contributed by atoms with Crippen molar-refractivity contribution in [1.82, 2.24) is 0 Å². The Kier molecular flexibility index (Phi) is 3.31. The van der Waals surface area contributed by atoms with Crippen molar-refractivity contribution in [3.8, 4) is 0 Å². The van der Waals surface area contributed by atoms with Gasteiger partial charge in [0.05, 0.1) is 26.2 Å². The normalized spacial score (nSPS) is 26.8. The molecular weight excluding hydrogens is 168 g/mol. The summed E-state index contributed by atoms with van der Waals surface area (Å²) in [5.74, 6) is -0.176. The lowest BCUT2D eigenvalue weighted by molar-refractivity contribution is -0.146. The first kappa shape index (κ1) is 10.5. The van der Waals surface area contributed by atoms with Crippen LogP contribution in [0.3, 0.4) is 0 Å². The SMILES string of the molecule is COC(=O)CC1CCC(C)(C)CO1. The van der Waals surface area contributed by atoms with Crippen LogP contribution in [0.1, 0.15) is 33.1 Å². The summed E-state index contributed by atoms with van der Waals surface area (Å²) in [6.45, 7) is 5.11. The van der Waals surface area contributed by atoms with E-state index in [4.69, 9.17) is 4.74 Å². The number of esters is 1. The fourth-order valence-electron chi connectivity index (χ4n) is 1.48. The molecule has 13 heavy (non-hydrogen) atoms. The molecular formula is C10H18O3. The zero-order valence-electron chi connectivity index (χ0n) is 8.63. The fraction of sp³-hybridized carbons (Fsp3) is 0.900. The molecule has 0 bridgehead atoms. The predicted molar refractivity (Wildman–Crippen MR) is 49.4 cm³/mol. The van der Waals surface area contributed by atoms with Crippen molar-refractivity contribution in [3.63, 3.8) is 0 Å². The van der Waals surface area contributed by atoms with E-state index in [9.17, 15) is 4.79 Å². The first-order valence-electron chi connectivity index (χ1n) is 4.72. The molecule has 1 saturated heterocycles. The highest BCUT2D eigenvalue weighted by molar-refractivity contribution is 5.69. The molecule has 1 heterocycles. The molecule has 1 atom stereocenters. The van der Waals surface area contributed by atoms with E-state index in [0.717, 1.165) is 19.4 Å². The summed E-state index contributed by atoms with van der Waals surface area (Å²) < 4.78 is 10.2. The Balaban J connectivity index is 2.29. The van der Waals surface area contributed by atoms with Gasteiger partial charge in [-0.25, -0.2) is 0 Å². The number of rotatable bonds is 2. The van der Waals surface area contributed by atoms with Crippen LogP contribution in [-0.4, -0.2) is 25.8 Å². The van der Waals surface area contributed by atoms with Crippen molar-refractivity contribution in [2.45, 2.75) is 39.2 Å². The molecule has 0 amide bonds. The molecule has 3 nitrogen and oxygen atoms in total. The second kappa shape index (κ2) is 4.09. The van der Waals surface area contributed by atoms with Crippen molar-refractivity contribution in [1.29, 1.82) is 0 Å². The standard InChI is InChI=1S/C10H18O3/c1-10(2)5-4-8(13-7-10)6-9(11)12-3/h8H,4-7H2,1-3H3.